The number of likely N-dealkylation sites (tertiary alicyclic amines) is 1. The van der Waals surface area contributed by atoms with Gasteiger partial charge in [-0.15, -0.1) is 0 Å². The molecule has 0 amide bonds. The molecule has 0 radical (unpaired) electrons. The van der Waals surface area contributed by atoms with Crippen LogP contribution in [0.2, 0.25) is 0 Å². The second kappa shape index (κ2) is 4.89. The van der Waals surface area contributed by atoms with E-state index in [4.69, 9.17) is 0 Å². The van der Waals surface area contributed by atoms with Crippen molar-refractivity contribution in [1.82, 2.24) is 10.2 Å². The monoisotopic (exact) mass is 236 g/mol. The van der Waals surface area contributed by atoms with Crippen LogP contribution in [-0.2, 0) is 0 Å². The summed E-state index contributed by atoms with van der Waals surface area (Å²) in [5.41, 5.74) is 0. The average Bonchev–Trinajstić information content (AvgIpc) is 3.06. The molecular formula is C15H28N2. The highest BCUT2D eigenvalue weighted by Crippen LogP contribution is 2.32. The van der Waals surface area contributed by atoms with Crippen molar-refractivity contribution in [3.63, 3.8) is 0 Å². The minimum absolute atomic E-state index is 0.793. The van der Waals surface area contributed by atoms with Crippen LogP contribution in [0.4, 0.5) is 0 Å². The molecule has 0 aromatic carbocycles. The summed E-state index contributed by atoms with van der Waals surface area (Å²) in [5, 5.41) is 3.94. The van der Waals surface area contributed by atoms with Gasteiger partial charge in [0.25, 0.3) is 0 Å². The van der Waals surface area contributed by atoms with Crippen LogP contribution in [0, 0.1) is 11.8 Å². The molecule has 1 N–H and O–H groups in total. The molecule has 2 nitrogen and oxygen atoms in total. The van der Waals surface area contributed by atoms with Crippen molar-refractivity contribution in [2.45, 2.75) is 70.5 Å². The molecule has 3 rings (SSSR count). The maximum absolute atomic E-state index is 3.94. The number of hydrogen-bond donors (Lipinski definition) is 1. The third-order valence-corrected chi connectivity index (χ3v) is 5.35. The Hall–Kier alpha value is -0.0800. The van der Waals surface area contributed by atoms with Gasteiger partial charge >= 0.3 is 0 Å². The molecule has 98 valence electrons. The Bertz CT molecular complexity index is 262. The maximum atomic E-state index is 3.94. The Morgan fingerprint density at radius 1 is 0.882 bits per heavy atom. The molecule has 1 aliphatic heterocycles. The maximum Gasteiger partial charge on any atom is 0.0209 e. The third-order valence-electron chi connectivity index (χ3n) is 5.35. The second-order valence-electron chi connectivity index (χ2n) is 6.84. The lowest BCUT2D eigenvalue weighted by Gasteiger charge is -2.34. The van der Waals surface area contributed by atoms with Gasteiger partial charge in [-0.1, -0.05) is 13.8 Å². The quantitative estimate of drug-likeness (QED) is 0.810. The van der Waals surface area contributed by atoms with Gasteiger partial charge in [0.15, 0.2) is 0 Å². The van der Waals surface area contributed by atoms with Crippen molar-refractivity contribution in [2.24, 2.45) is 11.8 Å². The molecule has 0 bridgehead atoms. The Balaban J connectivity index is 1.44. The van der Waals surface area contributed by atoms with Crippen LogP contribution in [0.1, 0.15) is 52.4 Å². The standard InChI is InChI=1S/C15H28N2/c1-11-3-4-13(9-12(11)2)16-14-7-8-17(10-14)15-5-6-15/h11-16H,3-10H2,1-2H3. The Morgan fingerprint density at radius 2 is 1.71 bits per heavy atom. The molecule has 2 heteroatoms. The van der Waals surface area contributed by atoms with Gasteiger partial charge in [-0.3, -0.25) is 4.90 Å². The summed E-state index contributed by atoms with van der Waals surface area (Å²) in [6.45, 7) is 7.53. The fourth-order valence-corrected chi connectivity index (χ4v) is 3.73. The van der Waals surface area contributed by atoms with Crippen molar-refractivity contribution >= 4 is 0 Å². The van der Waals surface area contributed by atoms with Gasteiger partial charge < -0.3 is 5.32 Å². The third kappa shape index (κ3) is 2.85. The van der Waals surface area contributed by atoms with Crippen LogP contribution in [0.15, 0.2) is 0 Å². The van der Waals surface area contributed by atoms with Gasteiger partial charge in [0, 0.05) is 31.2 Å². The topological polar surface area (TPSA) is 15.3 Å². The van der Waals surface area contributed by atoms with Gasteiger partial charge in [0.05, 0.1) is 0 Å². The lowest BCUT2D eigenvalue weighted by molar-refractivity contribution is 0.213. The highest BCUT2D eigenvalue weighted by molar-refractivity contribution is 4.93. The zero-order valence-corrected chi connectivity index (χ0v) is 11.5. The first-order valence-electron chi connectivity index (χ1n) is 7.72. The summed E-state index contributed by atoms with van der Waals surface area (Å²) in [5.74, 6) is 1.86. The molecule has 4 atom stereocenters. The summed E-state index contributed by atoms with van der Waals surface area (Å²) in [6, 6.07) is 2.57. The van der Waals surface area contributed by atoms with Gasteiger partial charge in [0.1, 0.15) is 0 Å². The fraction of sp³-hybridized carbons (Fsp3) is 1.00. The van der Waals surface area contributed by atoms with Gasteiger partial charge in [-0.05, 0) is 50.4 Å². The van der Waals surface area contributed by atoms with E-state index in [9.17, 15) is 0 Å². The lowest BCUT2D eigenvalue weighted by atomic mass is 9.79. The minimum atomic E-state index is 0.793. The molecule has 1 saturated heterocycles. The molecule has 2 aliphatic carbocycles. The van der Waals surface area contributed by atoms with Crippen molar-refractivity contribution in [1.29, 1.82) is 0 Å². The van der Waals surface area contributed by atoms with E-state index in [1.165, 1.54) is 51.6 Å². The Labute approximate surface area is 106 Å². The summed E-state index contributed by atoms with van der Waals surface area (Å²) < 4.78 is 0. The van der Waals surface area contributed by atoms with Gasteiger partial charge in [-0.25, -0.2) is 0 Å². The largest absolute Gasteiger partial charge is 0.310 e. The van der Waals surface area contributed by atoms with E-state index in [0.717, 1.165) is 30.0 Å². The number of hydrogen-bond acceptors (Lipinski definition) is 2. The summed E-state index contributed by atoms with van der Waals surface area (Å²) in [4.78, 5) is 2.71. The minimum Gasteiger partial charge on any atom is -0.310 e. The molecule has 3 fully saturated rings. The number of nitrogens with one attached hydrogen (secondary N) is 1. The SMILES string of the molecule is CC1CCC(NC2CCN(C3CC3)C2)CC1C. The van der Waals surface area contributed by atoms with E-state index in [1.54, 1.807) is 0 Å². The van der Waals surface area contributed by atoms with Crippen LogP contribution in [0.5, 0.6) is 0 Å². The van der Waals surface area contributed by atoms with Crippen LogP contribution in [0.25, 0.3) is 0 Å². The Kier molecular flexibility index (Phi) is 3.45. The lowest BCUT2D eigenvalue weighted by Crippen LogP contribution is -2.43. The average molecular weight is 236 g/mol. The molecule has 17 heavy (non-hydrogen) atoms. The first-order chi connectivity index (χ1) is 8.22. The molecular weight excluding hydrogens is 208 g/mol. The van der Waals surface area contributed by atoms with E-state index < -0.39 is 0 Å². The fourth-order valence-electron chi connectivity index (χ4n) is 3.73. The molecule has 2 saturated carbocycles. The van der Waals surface area contributed by atoms with Crippen molar-refractivity contribution in [3.8, 4) is 0 Å². The molecule has 0 spiro atoms. The predicted octanol–water partition coefficient (Wildman–Crippen LogP) is 2.64. The number of rotatable bonds is 3. The molecule has 0 aromatic heterocycles. The summed E-state index contributed by atoms with van der Waals surface area (Å²) in [7, 11) is 0. The molecule has 4 unspecified atom stereocenters. The highest BCUT2D eigenvalue weighted by atomic mass is 15.2. The predicted molar refractivity (Wildman–Crippen MR) is 72.1 cm³/mol. The van der Waals surface area contributed by atoms with E-state index in [0.29, 0.717) is 0 Å². The summed E-state index contributed by atoms with van der Waals surface area (Å²) in [6.07, 6.45) is 8.55. The van der Waals surface area contributed by atoms with E-state index in [-0.39, 0.29) is 0 Å². The smallest absolute Gasteiger partial charge is 0.0209 e. The first kappa shape index (κ1) is 12.0. The van der Waals surface area contributed by atoms with E-state index in [1.807, 2.05) is 0 Å². The molecule has 1 heterocycles. The van der Waals surface area contributed by atoms with E-state index >= 15 is 0 Å². The summed E-state index contributed by atoms with van der Waals surface area (Å²) >= 11 is 0. The second-order valence-corrected chi connectivity index (χ2v) is 6.84. The van der Waals surface area contributed by atoms with Crippen molar-refractivity contribution < 1.29 is 0 Å². The molecule has 0 aromatic rings. The van der Waals surface area contributed by atoms with Crippen LogP contribution in [-0.4, -0.2) is 36.1 Å². The van der Waals surface area contributed by atoms with Crippen molar-refractivity contribution in [3.05, 3.63) is 0 Å². The van der Waals surface area contributed by atoms with Crippen LogP contribution >= 0.6 is 0 Å². The zero-order chi connectivity index (χ0) is 11.8. The van der Waals surface area contributed by atoms with Crippen LogP contribution < -0.4 is 5.32 Å². The highest BCUT2D eigenvalue weighted by Gasteiger charge is 2.35. The van der Waals surface area contributed by atoms with Crippen molar-refractivity contribution in [2.75, 3.05) is 13.1 Å². The van der Waals surface area contributed by atoms with Gasteiger partial charge in [-0.2, -0.15) is 0 Å². The molecule has 3 aliphatic rings. The number of nitrogens with zero attached hydrogens (tertiary/aromatic N) is 1. The Morgan fingerprint density at radius 3 is 2.41 bits per heavy atom. The van der Waals surface area contributed by atoms with E-state index in [2.05, 4.69) is 24.1 Å². The first-order valence-corrected chi connectivity index (χ1v) is 7.72. The zero-order valence-electron chi connectivity index (χ0n) is 11.5. The van der Waals surface area contributed by atoms with Gasteiger partial charge in [0.2, 0.25) is 0 Å². The normalized spacial score (nSPS) is 44.1. The van der Waals surface area contributed by atoms with Crippen LogP contribution in [0.3, 0.4) is 0 Å².